The van der Waals surface area contributed by atoms with Crippen molar-refractivity contribution < 1.29 is 13.2 Å². The molecule has 0 fully saturated rings. The van der Waals surface area contributed by atoms with Crippen molar-refractivity contribution in [1.82, 2.24) is 4.72 Å². The summed E-state index contributed by atoms with van der Waals surface area (Å²) in [6, 6.07) is 5.97. The quantitative estimate of drug-likeness (QED) is 0.714. The molecule has 0 aliphatic heterocycles. The number of thiol groups is 1. The standard InChI is InChI=1S/C11H16N2O3S2/c1-8(17)7-12-18(15,16)11-5-3-10(4-6-11)13-9(2)14/h3-6,8,12,17H,7H2,1-2H3,(H,13,14). The molecule has 0 bridgehead atoms. The fourth-order valence-corrected chi connectivity index (χ4v) is 2.58. The van der Waals surface area contributed by atoms with Gasteiger partial charge in [-0.15, -0.1) is 0 Å². The zero-order valence-electron chi connectivity index (χ0n) is 10.2. The van der Waals surface area contributed by atoms with Gasteiger partial charge in [0, 0.05) is 24.4 Å². The van der Waals surface area contributed by atoms with Gasteiger partial charge in [0.05, 0.1) is 4.90 Å². The van der Waals surface area contributed by atoms with Crippen molar-refractivity contribution in [2.45, 2.75) is 24.0 Å². The number of amides is 1. The van der Waals surface area contributed by atoms with Gasteiger partial charge in [0.25, 0.3) is 0 Å². The van der Waals surface area contributed by atoms with Gasteiger partial charge in [-0.1, -0.05) is 6.92 Å². The topological polar surface area (TPSA) is 75.3 Å². The van der Waals surface area contributed by atoms with Crippen molar-refractivity contribution in [3.63, 3.8) is 0 Å². The molecule has 1 atom stereocenters. The minimum Gasteiger partial charge on any atom is -0.326 e. The highest BCUT2D eigenvalue weighted by Crippen LogP contribution is 2.14. The highest BCUT2D eigenvalue weighted by Gasteiger charge is 2.13. The van der Waals surface area contributed by atoms with Crippen LogP contribution >= 0.6 is 12.6 Å². The molecule has 0 aliphatic rings. The summed E-state index contributed by atoms with van der Waals surface area (Å²) in [5, 5.41) is 2.51. The van der Waals surface area contributed by atoms with E-state index in [9.17, 15) is 13.2 Å². The average Bonchev–Trinajstić information content (AvgIpc) is 2.26. The molecule has 1 aromatic carbocycles. The van der Waals surface area contributed by atoms with Crippen molar-refractivity contribution in [2.75, 3.05) is 11.9 Å². The second-order valence-corrected chi connectivity index (χ2v) is 6.55. The molecule has 0 aromatic heterocycles. The van der Waals surface area contributed by atoms with Gasteiger partial charge in [0.15, 0.2) is 0 Å². The number of rotatable bonds is 5. The first-order valence-electron chi connectivity index (χ1n) is 5.36. The van der Waals surface area contributed by atoms with Gasteiger partial charge in [0.1, 0.15) is 0 Å². The Kier molecular flexibility index (Phi) is 5.18. The first-order chi connectivity index (χ1) is 8.31. The molecule has 18 heavy (non-hydrogen) atoms. The van der Waals surface area contributed by atoms with Crippen LogP contribution in [0.3, 0.4) is 0 Å². The highest BCUT2D eigenvalue weighted by molar-refractivity contribution is 7.89. The molecule has 5 nitrogen and oxygen atoms in total. The lowest BCUT2D eigenvalue weighted by molar-refractivity contribution is -0.114. The van der Waals surface area contributed by atoms with Crippen LogP contribution in [0.2, 0.25) is 0 Å². The minimum absolute atomic E-state index is 0.0570. The summed E-state index contributed by atoms with van der Waals surface area (Å²) >= 11 is 4.10. The van der Waals surface area contributed by atoms with E-state index >= 15 is 0 Å². The maximum absolute atomic E-state index is 11.8. The predicted octanol–water partition coefficient (Wildman–Crippen LogP) is 1.24. The van der Waals surface area contributed by atoms with Gasteiger partial charge in [-0.2, -0.15) is 12.6 Å². The van der Waals surface area contributed by atoms with Gasteiger partial charge in [-0.05, 0) is 24.3 Å². The van der Waals surface area contributed by atoms with Crippen LogP contribution in [0.15, 0.2) is 29.2 Å². The Labute approximate surface area is 112 Å². The molecule has 0 aliphatic carbocycles. The minimum atomic E-state index is -3.51. The van der Waals surface area contributed by atoms with Crippen LogP contribution in [-0.2, 0) is 14.8 Å². The number of nitrogens with one attached hydrogen (secondary N) is 2. The zero-order chi connectivity index (χ0) is 13.8. The van der Waals surface area contributed by atoms with E-state index in [1.165, 1.54) is 19.1 Å². The van der Waals surface area contributed by atoms with Gasteiger partial charge in [0.2, 0.25) is 15.9 Å². The molecule has 1 rings (SSSR count). The second kappa shape index (κ2) is 6.21. The Morgan fingerprint density at radius 3 is 2.33 bits per heavy atom. The van der Waals surface area contributed by atoms with Crippen LogP contribution in [0.5, 0.6) is 0 Å². The molecular weight excluding hydrogens is 272 g/mol. The third-order valence-corrected chi connectivity index (χ3v) is 3.68. The summed E-state index contributed by atoms with van der Waals surface area (Å²) in [4.78, 5) is 11.0. The molecular formula is C11H16N2O3S2. The third kappa shape index (κ3) is 4.67. The Bertz CT molecular complexity index is 510. The smallest absolute Gasteiger partial charge is 0.240 e. The molecule has 7 heteroatoms. The Hall–Kier alpha value is -1.05. The molecule has 1 amide bonds. The number of benzene rings is 1. The number of hydrogen-bond donors (Lipinski definition) is 3. The van der Waals surface area contributed by atoms with E-state index in [2.05, 4.69) is 22.7 Å². The summed E-state index contributed by atoms with van der Waals surface area (Å²) in [6.07, 6.45) is 0. The van der Waals surface area contributed by atoms with Crippen molar-refractivity contribution in [3.05, 3.63) is 24.3 Å². The average molecular weight is 288 g/mol. The number of anilines is 1. The third-order valence-electron chi connectivity index (χ3n) is 2.05. The maximum atomic E-state index is 11.8. The number of carbonyl (C=O) groups excluding carboxylic acids is 1. The Morgan fingerprint density at radius 2 is 1.89 bits per heavy atom. The molecule has 100 valence electrons. The first kappa shape index (κ1) is 15.0. The van der Waals surface area contributed by atoms with Crippen molar-refractivity contribution in [2.24, 2.45) is 0 Å². The number of sulfonamides is 1. The predicted molar refractivity (Wildman–Crippen MR) is 74.4 cm³/mol. The van der Waals surface area contributed by atoms with Gasteiger partial charge in [-0.3, -0.25) is 4.79 Å². The fraction of sp³-hybridized carbons (Fsp3) is 0.364. The maximum Gasteiger partial charge on any atom is 0.240 e. The summed E-state index contributed by atoms with van der Waals surface area (Å²) < 4.78 is 26.1. The normalized spacial score (nSPS) is 13.1. The summed E-state index contributed by atoms with van der Waals surface area (Å²) in [6.45, 7) is 3.45. The van der Waals surface area contributed by atoms with Gasteiger partial charge < -0.3 is 5.32 Å². The van der Waals surface area contributed by atoms with E-state index in [4.69, 9.17) is 0 Å². The van der Waals surface area contributed by atoms with E-state index in [0.29, 0.717) is 5.69 Å². The van der Waals surface area contributed by atoms with E-state index in [-0.39, 0.29) is 22.6 Å². The SMILES string of the molecule is CC(=O)Nc1ccc(S(=O)(=O)NCC(C)S)cc1. The van der Waals surface area contributed by atoms with E-state index < -0.39 is 10.0 Å². The molecule has 0 radical (unpaired) electrons. The summed E-state index contributed by atoms with van der Waals surface area (Å²) in [5.41, 5.74) is 0.559. The molecule has 2 N–H and O–H groups in total. The highest BCUT2D eigenvalue weighted by atomic mass is 32.2. The fourth-order valence-electron chi connectivity index (χ4n) is 1.23. The monoisotopic (exact) mass is 288 g/mol. The van der Waals surface area contributed by atoms with E-state index in [0.717, 1.165) is 0 Å². The summed E-state index contributed by atoms with van der Waals surface area (Å²) in [5.74, 6) is -0.201. The van der Waals surface area contributed by atoms with E-state index in [1.807, 2.05) is 0 Å². The molecule has 1 unspecified atom stereocenters. The Morgan fingerprint density at radius 1 is 1.33 bits per heavy atom. The van der Waals surface area contributed by atoms with Crippen LogP contribution in [0.1, 0.15) is 13.8 Å². The molecule has 1 aromatic rings. The van der Waals surface area contributed by atoms with E-state index in [1.54, 1.807) is 19.1 Å². The molecule has 0 saturated heterocycles. The van der Waals surface area contributed by atoms with Gasteiger partial charge >= 0.3 is 0 Å². The van der Waals surface area contributed by atoms with Crippen molar-refractivity contribution >= 4 is 34.2 Å². The molecule has 0 spiro atoms. The molecule has 0 heterocycles. The number of carbonyl (C=O) groups is 1. The van der Waals surface area contributed by atoms with Crippen LogP contribution in [0.25, 0.3) is 0 Å². The lowest BCUT2D eigenvalue weighted by Gasteiger charge is -2.09. The zero-order valence-corrected chi connectivity index (χ0v) is 11.9. The Balaban J connectivity index is 2.81. The lowest BCUT2D eigenvalue weighted by atomic mass is 10.3. The van der Waals surface area contributed by atoms with Crippen molar-refractivity contribution in [3.8, 4) is 0 Å². The molecule has 0 saturated carbocycles. The first-order valence-corrected chi connectivity index (χ1v) is 7.36. The van der Waals surface area contributed by atoms with Crippen LogP contribution in [-0.4, -0.2) is 26.1 Å². The summed E-state index contributed by atoms with van der Waals surface area (Å²) in [7, 11) is -3.51. The largest absolute Gasteiger partial charge is 0.326 e. The van der Waals surface area contributed by atoms with Crippen LogP contribution < -0.4 is 10.0 Å². The number of hydrogen-bond acceptors (Lipinski definition) is 4. The second-order valence-electron chi connectivity index (χ2n) is 3.91. The van der Waals surface area contributed by atoms with Gasteiger partial charge in [-0.25, -0.2) is 13.1 Å². The van der Waals surface area contributed by atoms with Crippen LogP contribution in [0.4, 0.5) is 5.69 Å². The lowest BCUT2D eigenvalue weighted by Crippen LogP contribution is -2.28. The van der Waals surface area contributed by atoms with Crippen LogP contribution in [0, 0.1) is 0 Å². The van der Waals surface area contributed by atoms with Crippen molar-refractivity contribution in [1.29, 1.82) is 0 Å².